The Hall–Kier alpha value is -0.810. The van der Waals surface area contributed by atoms with Crippen LogP contribution in [0.15, 0.2) is 40.2 Å². The molecule has 1 unspecified atom stereocenters. The molecule has 0 radical (unpaired) electrons. The van der Waals surface area contributed by atoms with Crippen molar-refractivity contribution in [2.45, 2.75) is 4.90 Å². The number of methoxy groups -OCH3 is 1. The Kier molecular flexibility index (Phi) is 3.93. The van der Waals surface area contributed by atoms with Crippen molar-refractivity contribution in [3.63, 3.8) is 0 Å². The number of halogens is 1. The lowest BCUT2D eigenvalue weighted by Crippen LogP contribution is -2.04. The molecular weight excluding hydrogens is 278 g/mol. The number of ether oxygens (including phenoxy) is 1. The molecule has 5 heteroatoms. The summed E-state index contributed by atoms with van der Waals surface area (Å²) in [6, 6.07) is 5.13. The summed E-state index contributed by atoms with van der Waals surface area (Å²) in [5.41, 5.74) is 0. The van der Waals surface area contributed by atoms with Gasteiger partial charge in [0.1, 0.15) is 5.75 Å². The SMILES string of the molecule is C=CCS(=N)(=O)c1cc(Br)ccc1OC. The number of benzene rings is 1. The summed E-state index contributed by atoms with van der Waals surface area (Å²) in [6.45, 7) is 3.50. The largest absolute Gasteiger partial charge is 0.495 e. The van der Waals surface area contributed by atoms with Gasteiger partial charge in [-0.3, -0.25) is 0 Å². The highest BCUT2D eigenvalue weighted by atomic mass is 79.9. The van der Waals surface area contributed by atoms with Gasteiger partial charge in [0.15, 0.2) is 0 Å². The minimum Gasteiger partial charge on any atom is -0.495 e. The first-order valence-corrected chi connectivity index (χ1v) is 6.74. The molecule has 0 fully saturated rings. The minimum absolute atomic E-state index is 0.125. The van der Waals surface area contributed by atoms with E-state index >= 15 is 0 Å². The van der Waals surface area contributed by atoms with Crippen molar-refractivity contribution in [2.75, 3.05) is 12.9 Å². The van der Waals surface area contributed by atoms with Gasteiger partial charge in [-0.15, -0.1) is 6.58 Å². The monoisotopic (exact) mass is 289 g/mol. The van der Waals surface area contributed by atoms with Crippen LogP contribution < -0.4 is 4.74 Å². The molecule has 1 rings (SSSR count). The highest BCUT2D eigenvalue weighted by Crippen LogP contribution is 2.28. The average Bonchev–Trinajstić information content (AvgIpc) is 2.17. The maximum atomic E-state index is 12.0. The van der Waals surface area contributed by atoms with E-state index in [4.69, 9.17) is 9.52 Å². The molecule has 0 saturated carbocycles. The van der Waals surface area contributed by atoms with Crippen LogP contribution in [0.25, 0.3) is 0 Å². The van der Waals surface area contributed by atoms with Gasteiger partial charge < -0.3 is 4.74 Å². The lowest BCUT2D eigenvalue weighted by atomic mass is 10.3. The second-order valence-corrected chi connectivity index (χ2v) is 5.97. The predicted octanol–water partition coefficient (Wildman–Crippen LogP) is 3.05. The summed E-state index contributed by atoms with van der Waals surface area (Å²) in [7, 11) is -1.35. The van der Waals surface area contributed by atoms with E-state index in [9.17, 15) is 4.21 Å². The normalized spacial score (nSPS) is 14.3. The number of rotatable bonds is 4. The quantitative estimate of drug-likeness (QED) is 0.866. The molecule has 0 amide bonds. The third-order valence-electron chi connectivity index (χ3n) is 1.83. The second-order valence-electron chi connectivity index (χ2n) is 2.93. The Morgan fingerprint density at radius 1 is 1.67 bits per heavy atom. The summed E-state index contributed by atoms with van der Waals surface area (Å²) >= 11 is 3.28. The van der Waals surface area contributed by atoms with Gasteiger partial charge in [-0.1, -0.05) is 22.0 Å². The zero-order valence-corrected chi connectivity index (χ0v) is 10.7. The van der Waals surface area contributed by atoms with Gasteiger partial charge in [-0.25, -0.2) is 8.99 Å². The second kappa shape index (κ2) is 4.81. The van der Waals surface area contributed by atoms with Gasteiger partial charge in [0.2, 0.25) is 0 Å². The van der Waals surface area contributed by atoms with E-state index in [-0.39, 0.29) is 5.75 Å². The molecule has 0 aliphatic heterocycles. The highest BCUT2D eigenvalue weighted by Gasteiger charge is 2.14. The molecule has 0 saturated heterocycles. The molecule has 1 aromatic carbocycles. The van der Waals surface area contributed by atoms with Crippen molar-refractivity contribution in [2.24, 2.45) is 0 Å². The van der Waals surface area contributed by atoms with Crippen LogP contribution in [0.5, 0.6) is 5.75 Å². The number of hydrogen-bond donors (Lipinski definition) is 1. The molecule has 0 aliphatic rings. The van der Waals surface area contributed by atoms with Crippen LogP contribution in [-0.4, -0.2) is 17.1 Å². The molecule has 0 aliphatic carbocycles. The fraction of sp³-hybridized carbons (Fsp3) is 0.200. The lowest BCUT2D eigenvalue weighted by molar-refractivity contribution is 0.403. The molecule has 15 heavy (non-hydrogen) atoms. The molecule has 0 spiro atoms. The molecule has 82 valence electrons. The van der Waals surface area contributed by atoms with E-state index in [0.29, 0.717) is 10.6 Å². The summed E-state index contributed by atoms with van der Waals surface area (Å²) in [5, 5.41) is 0. The summed E-state index contributed by atoms with van der Waals surface area (Å²) in [4.78, 5) is 0.402. The molecule has 1 N–H and O–H groups in total. The third-order valence-corrected chi connectivity index (χ3v) is 4.06. The highest BCUT2D eigenvalue weighted by molar-refractivity contribution is 9.10. The van der Waals surface area contributed by atoms with E-state index < -0.39 is 9.73 Å². The van der Waals surface area contributed by atoms with Crippen molar-refractivity contribution in [3.8, 4) is 5.75 Å². The summed E-state index contributed by atoms with van der Waals surface area (Å²) in [5.74, 6) is 0.597. The van der Waals surface area contributed by atoms with Crippen molar-refractivity contribution in [3.05, 3.63) is 35.3 Å². The number of hydrogen-bond acceptors (Lipinski definition) is 3. The van der Waals surface area contributed by atoms with Crippen LogP contribution in [0.4, 0.5) is 0 Å². The molecule has 0 heterocycles. The Labute approximate surface area is 98.3 Å². The van der Waals surface area contributed by atoms with Gasteiger partial charge in [-0.2, -0.15) is 0 Å². The van der Waals surface area contributed by atoms with Crippen molar-refractivity contribution >= 4 is 25.7 Å². The van der Waals surface area contributed by atoms with Crippen LogP contribution in [0.1, 0.15) is 0 Å². The summed E-state index contributed by atoms with van der Waals surface area (Å²) in [6.07, 6.45) is 1.48. The number of nitrogens with one attached hydrogen (secondary N) is 1. The average molecular weight is 290 g/mol. The Morgan fingerprint density at radius 2 is 2.33 bits per heavy atom. The Bertz CT molecular complexity index is 468. The van der Waals surface area contributed by atoms with Crippen LogP contribution in [0.2, 0.25) is 0 Å². The first-order chi connectivity index (χ1) is 7.01. The van der Waals surface area contributed by atoms with E-state index in [2.05, 4.69) is 22.5 Å². The van der Waals surface area contributed by atoms with Gasteiger partial charge in [0, 0.05) is 4.47 Å². The standard InChI is InChI=1S/C10H12BrNO2S/c1-3-6-15(12,13)10-7-8(11)4-5-9(10)14-2/h3-5,7,12H,1,6H2,2H3. The first kappa shape index (κ1) is 12.3. The fourth-order valence-electron chi connectivity index (χ4n) is 1.16. The third kappa shape index (κ3) is 2.82. The van der Waals surface area contributed by atoms with Crippen LogP contribution in [-0.2, 0) is 9.73 Å². The minimum atomic E-state index is -2.85. The maximum absolute atomic E-state index is 12.0. The van der Waals surface area contributed by atoms with Gasteiger partial charge in [-0.05, 0) is 18.2 Å². The molecule has 0 aromatic heterocycles. The summed E-state index contributed by atoms with van der Waals surface area (Å²) < 4.78 is 25.6. The van der Waals surface area contributed by atoms with Gasteiger partial charge >= 0.3 is 0 Å². The van der Waals surface area contributed by atoms with Crippen molar-refractivity contribution in [1.29, 1.82) is 4.78 Å². The zero-order valence-electron chi connectivity index (χ0n) is 8.33. The van der Waals surface area contributed by atoms with Crippen LogP contribution in [0, 0.1) is 4.78 Å². The van der Waals surface area contributed by atoms with Crippen LogP contribution in [0.3, 0.4) is 0 Å². The molecule has 0 bridgehead atoms. The van der Waals surface area contributed by atoms with Crippen molar-refractivity contribution in [1.82, 2.24) is 0 Å². The van der Waals surface area contributed by atoms with Crippen molar-refractivity contribution < 1.29 is 8.95 Å². The predicted molar refractivity (Wildman–Crippen MR) is 64.9 cm³/mol. The lowest BCUT2D eigenvalue weighted by Gasteiger charge is -2.10. The molecule has 1 atom stereocenters. The van der Waals surface area contributed by atoms with Gasteiger partial charge in [0.05, 0.1) is 27.5 Å². The Balaban J connectivity index is 3.34. The van der Waals surface area contributed by atoms with Crippen LogP contribution >= 0.6 is 15.9 Å². The topological polar surface area (TPSA) is 50.2 Å². The Morgan fingerprint density at radius 3 is 2.87 bits per heavy atom. The molecule has 1 aromatic rings. The molecule has 3 nitrogen and oxygen atoms in total. The van der Waals surface area contributed by atoms with E-state index in [1.807, 2.05) is 0 Å². The fourth-order valence-corrected chi connectivity index (χ4v) is 2.98. The first-order valence-electron chi connectivity index (χ1n) is 4.22. The maximum Gasteiger partial charge on any atom is 0.135 e. The molecular formula is C10H12BrNO2S. The van der Waals surface area contributed by atoms with E-state index in [1.54, 1.807) is 18.2 Å². The zero-order chi connectivity index (χ0) is 11.5. The van der Waals surface area contributed by atoms with E-state index in [0.717, 1.165) is 4.47 Å². The van der Waals surface area contributed by atoms with E-state index in [1.165, 1.54) is 13.2 Å². The smallest absolute Gasteiger partial charge is 0.135 e. The van der Waals surface area contributed by atoms with Gasteiger partial charge in [0.25, 0.3) is 0 Å².